The van der Waals surface area contributed by atoms with Crippen molar-refractivity contribution in [3.63, 3.8) is 0 Å². The minimum atomic E-state index is 0.536. The van der Waals surface area contributed by atoms with Crippen molar-refractivity contribution in [3.05, 3.63) is 24.2 Å². The molecule has 6 heteroatoms. The maximum absolute atomic E-state index is 5.24. The third-order valence-electron chi connectivity index (χ3n) is 2.96. The highest BCUT2D eigenvalue weighted by atomic mass is 16.5. The minimum Gasteiger partial charge on any atom is -0.353 e. The highest BCUT2D eigenvalue weighted by Crippen LogP contribution is 2.27. The van der Waals surface area contributed by atoms with E-state index in [1.165, 1.54) is 0 Å². The van der Waals surface area contributed by atoms with Crippen molar-refractivity contribution in [2.75, 3.05) is 31.1 Å². The fourth-order valence-electron chi connectivity index (χ4n) is 2.10. The average Bonchev–Trinajstić information content (AvgIpc) is 2.86. The van der Waals surface area contributed by atoms with Crippen molar-refractivity contribution in [3.8, 4) is 11.5 Å². The van der Waals surface area contributed by atoms with E-state index in [1.54, 1.807) is 6.20 Å². The normalized spacial score (nSPS) is 15.9. The number of hydrogen-bond acceptors (Lipinski definition) is 6. The fraction of sp³-hybridized carbons (Fsp3) is 0.417. The molecule has 0 saturated carbocycles. The summed E-state index contributed by atoms with van der Waals surface area (Å²) in [6.45, 7) is 5.64. The van der Waals surface area contributed by atoms with Crippen LogP contribution < -0.4 is 10.2 Å². The first-order valence-electron chi connectivity index (χ1n) is 6.06. The van der Waals surface area contributed by atoms with Gasteiger partial charge in [-0.2, -0.15) is 4.98 Å². The molecule has 2 aromatic rings. The van der Waals surface area contributed by atoms with Crippen LogP contribution in [0.25, 0.3) is 11.5 Å². The molecule has 0 aromatic carbocycles. The lowest BCUT2D eigenvalue weighted by molar-refractivity contribution is 0.425. The van der Waals surface area contributed by atoms with E-state index in [2.05, 4.69) is 25.3 Å². The molecule has 0 amide bonds. The van der Waals surface area contributed by atoms with Crippen LogP contribution in [0.5, 0.6) is 0 Å². The molecular formula is C12H15N5O. The largest absolute Gasteiger partial charge is 0.353 e. The van der Waals surface area contributed by atoms with Gasteiger partial charge in [-0.3, -0.25) is 0 Å². The van der Waals surface area contributed by atoms with Gasteiger partial charge in [0.25, 0.3) is 5.89 Å². The Balaban J connectivity index is 1.99. The first-order valence-corrected chi connectivity index (χ1v) is 6.06. The summed E-state index contributed by atoms with van der Waals surface area (Å²) in [7, 11) is 0. The van der Waals surface area contributed by atoms with Crippen LogP contribution in [-0.2, 0) is 0 Å². The highest BCUT2D eigenvalue weighted by Gasteiger charge is 2.19. The molecule has 1 fully saturated rings. The summed E-state index contributed by atoms with van der Waals surface area (Å²) < 4.78 is 5.24. The van der Waals surface area contributed by atoms with Crippen molar-refractivity contribution < 1.29 is 4.52 Å². The first-order chi connectivity index (χ1) is 8.84. The van der Waals surface area contributed by atoms with E-state index in [4.69, 9.17) is 4.52 Å². The maximum Gasteiger partial charge on any atom is 0.261 e. The van der Waals surface area contributed by atoms with E-state index in [9.17, 15) is 0 Å². The molecule has 2 aromatic heterocycles. The van der Waals surface area contributed by atoms with Crippen LogP contribution >= 0.6 is 0 Å². The first kappa shape index (κ1) is 11.2. The van der Waals surface area contributed by atoms with E-state index < -0.39 is 0 Å². The quantitative estimate of drug-likeness (QED) is 0.846. The Morgan fingerprint density at radius 2 is 2.17 bits per heavy atom. The second-order valence-corrected chi connectivity index (χ2v) is 4.26. The van der Waals surface area contributed by atoms with Crippen LogP contribution in [0.1, 0.15) is 5.82 Å². The molecule has 3 rings (SSSR count). The van der Waals surface area contributed by atoms with E-state index in [0.717, 1.165) is 37.6 Å². The zero-order valence-corrected chi connectivity index (χ0v) is 10.3. The van der Waals surface area contributed by atoms with Crippen molar-refractivity contribution >= 4 is 5.82 Å². The van der Waals surface area contributed by atoms with Crippen LogP contribution in [0, 0.1) is 6.92 Å². The predicted octanol–water partition coefficient (Wildman–Crippen LogP) is 0.850. The van der Waals surface area contributed by atoms with E-state index in [1.807, 2.05) is 19.1 Å². The molecule has 1 saturated heterocycles. The van der Waals surface area contributed by atoms with Crippen LogP contribution in [0.4, 0.5) is 5.82 Å². The number of rotatable bonds is 2. The van der Waals surface area contributed by atoms with Gasteiger partial charge >= 0.3 is 0 Å². The lowest BCUT2D eigenvalue weighted by Crippen LogP contribution is -2.44. The number of pyridine rings is 1. The second kappa shape index (κ2) is 4.73. The lowest BCUT2D eigenvalue weighted by Gasteiger charge is -2.29. The number of aryl methyl sites for hydroxylation is 1. The Morgan fingerprint density at radius 3 is 2.89 bits per heavy atom. The van der Waals surface area contributed by atoms with Crippen LogP contribution in [-0.4, -0.2) is 41.3 Å². The SMILES string of the molecule is Cc1noc(-c2cccnc2N2CCNCC2)n1. The molecule has 0 atom stereocenters. The summed E-state index contributed by atoms with van der Waals surface area (Å²) in [4.78, 5) is 11.0. The zero-order chi connectivity index (χ0) is 12.4. The third-order valence-corrected chi connectivity index (χ3v) is 2.96. The monoisotopic (exact) mass is 245 g/mol. The molecule has 0 bridgehead atoms. The van der Waals surface area contributed by atoms with Crippen LogP contribution in [0.2, 0.25) is 0 Å². The average molecular weight is 245 g/mol. The minimum absolute atomic E-state index is 0.536. The summed E-state index contributed by atoms with van der Waals surface area (Å²) in [5.41, 5.74) is 0.903. The summed E-state index contributed by atoms with van der Waals surface area (Å²) in [5, 5.41) is 7.16. The van der Waals surface area contributed by atoms with Gasteiger partial charge in [-0.25, -0.2) is 4.98 Å². The summed E-state index contributed by atoms with van der Waals surface area (Å²) in [6.07, 6.45) is 1.80. The molecule has 1 aliphatic rings. The van der Waals surface area contributed by atoms with Gasteiger partial charge in [0.1, 0.15) is 5.82 Å². The number of nitrogens with zero attached hydrogens (tertiary/aromatic N) is 4. The fourth-order valence-corrected chi connectivity index (χ4v) is 2.10. The standard InChI is InChI=1S/C12H15N5O/c1-9-15-12(18-16-9)10-3-2-4-14-11(10)17-7-5-13-6-8-17/h2-4,13H,5-8H2,1H3. The van der Waals surface area contributed by atoms with Gasteiger partial charge in [0, 0.05) is 32.4 Å². The molecular weight excluding hydrogens is 230 g/mol. The molecule has 3 heterocycles. The van der Waals surface area contributed by atoms with Gasteiger partial charge in [-0.05, 0) is 19.1 Å². The topological polar surface area (TPSA) is 67.1 Å². The number of nitrogens with one attached hydrogen (secondary N) is 1. The Hall–Kier alpha value is -1.95. The molecule has 0 spiro atoms. The smallest absolute Gasteiger partial charge is 0.261 e. The Kier molecular flexibility index (Phi) is 2.93. The van der Waals surface area contributed by atoms with Crippen molar-refractivity contribution in [2.45, 2.75) is 6.92 Å². The van der Waals surface area contributed by atoms with E-state index >= 15 is 0 Å². The molecule has 18 heavy (non-hydrogen) atoms. The summed E-state index contributed by atoms with van der Waals surface area (Å²) in [6, 6.07) is 3.86. The van der Waals surface area contributed by atoms with Crippen molar-refractivity contribution in [1.29, 1.82) is 0 Å². The second-order valence-electron chi connectivity index (χ2n) is 4.26. The number of hydrogen-bond donors (Lipinski definition) is 1. The number of piperazine rings is 1. The molecule has 0 radical (unpaired) electrons. The van der Waals surface area contributed by atoms with Crippen molar-refractivity contribution in [1.82, 2.24) is 20.4 Å². The van der Waals surface area contributed by atoms with Crippen molar-refractivity contribution in [2.24, 2.45) is 0 Å². The Morgan fingerprint density at radius 1 is 1.33 bits per heavy atom. The van der Waals surface area contributed by atoms with Crippen LogP contribution in [0.3, 0.4) is 0 Å². The van der Waals surface area contributed by atoms with Gasteiger partial charge < -0.3 is 14.7 Å². The Bertz CT molecular complexity index is 533. The number of aromatic nitrogens is 3. The molecule has 1 aliphatic heterocycles. The van der Waals surface area contributed by atoms with Gasteiger partial charge in [0.2, 0.25) is 0 Å². The van der Waals surface area contributed by atoms with Gasteiger partial charge in [0.15, 0.2) is 5.82 Å². The molecule has 0 aliphatic carbocycles. The zero-order valence-electron chi connectivity index (χ0n) is 10.3. The molecule has 0 unspecified atom stereocenters. The summed E-state index contributed by atoms with van der Waals surface area (Å²) >= 11 is 0. The molecule has 6 nitrogen and oxygen atoms in total. The lowest BCUT2D eigenvalue weighted by atomic mass is 10.2. The third kappa shape index (κ3) is 2.06. The maximum atomic E-state index is 5.24. The van der Waals surface area contributed by atoms with Crippen LogP contribution in [0.15, 0.2) is 22.9 Å². The predicted molar refractivity (Wildman–Crippen MR) is 67.3 cm³/mol. The van der Waals surface area contributed by atoms with Gasteiger partial charge in [-0.1, -0.05) is 5.16 Å². The van der Waals surface area contributed by atoms with E-state index in [0.29, 0.717) is 11.7 Å². The van der Waals surface area contributed by atoms with Gasteiger partial charge in [0.05, 0.1) is 5.56 Å². The number of anilines is 1. The highest BCUT2D eigenvalue weighted by molar-refractivity contribution is 5.69. The summed E-state index contributed by atoms with van der Waals surface area (Å²) in [5.74, 6) is 2.09. The molecule has 94 valence electrons. The Labute approximate surface area is 105 Å². The van der Waals surface area contributed by atoms with Gasteiger partial charge in [-0.15, -0.1) is 0 Å². The molecule has 1 N–H and O–H groups in total. The van der Waals surface area contributed by atoms with E-state index in [-0.39, 0.29) is 0 Å².